The Hall–Kier alpha value is -0.980. The molecule has 0 aliphatic carbocycles. The summed E-state index contributed by atoms with van der Waals surface area (Å²) in [7, 11) is -3.77. The number of sulfonamides is 1. The Balaban J connectivity index is 2.59. The topological polar surface area (TPSA) is 58.2 Å². The van der Waals surface area contributed by atoms with Gasteiger partial charge in [0.1, 0.15) is 10.7 Å². The second kappa shape index (κ2) is 5.77. The summed E-state index contributed by atoms with van der Waals surface area (Å²) in [5.74, 6) is -0.742. The predicted molar refractivity (Wildman–Crippen MR) is 69.3 cm³/mol. The molecule has 4 nitrogen and oxygen atoms in total. The summed E-state index contributed by atoms with van der Waals surface area (Å²) in [6, 6.07) is 5.32. The van der Waals surface area contributed by atoms with Crippen LogP contribution in [0.2, 0.25) is 0 Å². The van der Waals surface area contributed by atoms with Gasteiger partial charge in [-0.15, -0.1) is 0 Å². The molecule has 18 heavy (non-hydrogen) atoms. The molecule has 0 unspecified atom stereocenters. The quantitative estimate of drug-likeness (QED) is 0.800. The molecule has 0 heterocycles. The Labute approximate surface area is 108 Å². The van der Waals surface area contributed by atoms with Crippen molar-refractivity contribution in [2.75, 3.05) is 13.1 Å². The summed E-state index contributed by atoms with van der Waals surface area (Å²) in [6.45, 7) is 6.65. The summed E-state index contributed by atoms with van der Waals surface area (Å²) < 4.78 is 39.3. The van der Waals surface area contributed by atoms with Crippen molar-refractivity contribution in [3.05, 3.63) is 30.1 Å². The van der Waals surface area contributed by atoms with E-state index in [-0.39, 0.29) is 17.0 Å². The zero-order valence-electron chi connectivity index (χ0n) is 10.8. The van der Waals surface area contributed by atoms with Crippen LogP contribution < -0.4 is 10.0 Å². The maximum absolute atomic E-state index is 13.3. The van der Waals surface area contributed by atoms with E-state index in [1.807, 2.05) is 20.8 Å². The molecule has 0 aliphatic heterocycles. The number of hydrogen-bond acceptors (Lipinski definition) is 3. The van der Waals surface area contributed by atoms with Crippen molar-refractivity contribution in [1.82, 2.24) is 10.0 Å². The first kappa shape index (κ1) is 15.1. The zero-order chi connectivity index (χ0) is 13.8. The van der Waals surface area contributed by atoms with Gasteiger partial charge in [-0.25, -0.2) is 17.5 Å². The van der Waals surface area contributed by atoms with Crippen LogP contribution in [0.15, 0.2) is 29.2 Å². The number of rotatable bonds is 5. The zero-order valence-corrected chi connectivity index (χ0v) is 11.6. The number of halogens is 1. The third kappa shape index (κ3) is 4.72. The summed E-state index contributed by atoms with van der Waals surface area (Å²) in [5, 5.41) is 3.14. The predicted octanol–water partition coefficient (Wildman–Crippen LogP) is 1.49. The van der Waals surface area contributed by atoms with E-state index in [0.29, 0.717) is 6.54 Å². The molecule has 1 rings (SSSR count). The van der Waals surface area contributed by atoms with Crippen LogP contribution in [0.5, 0.6) is 0 Å². The Morgan fingerprint density at radius 2 is 1.78 bits per heavy atom. The molecule has 0 saturated heterocycles. The Bertz CT molecular complexity index is 495. The van der Waals surface area contributed by atoms with E-state index in [9.17, 15) is 12.8 Å². The van der Waals surface area contributed by atoms with E-state index in [0.717, 1.165) is 6.07 Å². The van der Waals surface area contributed by atoms with E-state index in [1.165, 1.54) is 18.2 Å². The van der Waals surface area contributed by atoms with Crippen molar-refractivity contribution in [2.45, 2.75) is 31.2 Å². The highest BCUT2D eigenvalue weighted by atomic mass is 32.2. The number of benzene rings is 1. The molecular formula is C12H19FN2O2S. The molecule has 1 aromatic rings. The highest BCUT2D eigenvalue weighted by Gasteiger charge is 2.17. The molecule has 2 N–H and O–H groups in total. The van der Waals surface area contributed by atoms with Crippen LogP contribution in [-0.4, -0.2) is 27.0 Å². The summed E-state index contributed by atoms with van der Waals surface area (Å²) in [4.78, 5) is -0.319. The molecule has 0 aromatic heterocycles. The minimum Gasteiger partial charge on any atom is -0.311 e. The second-order valence-corrected chi connectivity index (χ2v) is 6.74. The fourth-order valence-corrected chi connectivity index (χ4v) is 2.47. The van der Waals surface area contributed by atoms with Crippen LogP contribution in [0.25, 0.3) is 0 Å². The van der Waals surface area contributed by atoms with Crippen LogP contribution >= 0.6 is 0 Å². The van der Waals surface area contributed by atoms with E-state index in [4.69, 9.17) is 0 Å². The Morgan fingerprint density at radius 3 is 2.33 bits per heavy atom. The van der Waals surface area contributed by atoms with Crippen LogP contribution in [0.3, 0.4) is 0 Å². The van der Waals surface area contributed by atoms with Crippen molar-refractivity contribution in [2.24, 2.45) is 0 Å². The van der Waals surface area contributed by atoms with Crippen LogP contribution in [0.4, 0.5) is 4.39 Å². The average molecular weight is 274 g/mol. The number of hydrogen-bond donors (Lipinski definition) is 2. The molecule has 6 heteroatoms. The monoisotopic (exact) mass is 274 g/mol. The molecule has 102 valence electrons. The fraction of sp³-hybridized carbons (Fsp3) is 0.500. The van der Waals surface area contributed by atoms with Gasteiger partial charge >= 0.3 is 0 Å². The minimum absolute atomic E-state index is 0.0799. The highest BCUT2D eigenvalue weighted by Crippen LogP contribution is 2.12. The van der Waals surface area contributed by atoms with E-state index < -0.39 is 15.8 Å². The highest BCUT2D eigenvalue weighted by molar-refractivity contribution is 7.89. The Morgan fingerprint density at radius 1 is 1.17 bits per heavy atom. The second-order valence-electron chi connectivity index (χ2n) is 5.00. The molecule has 0 bridgehead atoms. The summed E-state index contributed by atoms with van der Waals surface area (Å²) in [5.41, 5.74) is -0.0799. The van der Waals surface area contributed by atoms with E-state index in [1.54, 1.807) is 0 Å². The van der Waals surface area contributed by atoms with Gasteiger partial charge in [-0.1, -0.05) is 12.1 Å². The van der Waals surface area contributed by atoms with Gasteiger partial charge in [-0.2, -0.15) is 0 Å². The molecule has 0 amide bonds. The molecule has 0 atom stereocenters. The largest absolute Gasteiger partial charge is 0.311 e. The van der Waals surface area contributed by atoms with Crippen LogP contribution in [0, 0.1) is 5.82 Å². The van der Waals surface area contributed by atoms with Gasteiger partial charge in [0, 0.05) is 18.6 Å². The minimum atomic E-state index is -3.77. The maximum atomic E-state index is 13.3. The first-order valence-electron chi connectivity index (χ1n) is 5.72. The van der Waals surface area contributed by atoms with Gasteiger partial charge in [-0.05, 0) is 32.9 Å². The maximum Gasteiger partial charge on any atom is 0.243 e. The third-order valence-corrected chi connectivity index (χ3v) is 3.69. The van der Waals surface area contributed by atoms with Gasteiger partial charge in [0.25, 0.3) is 0 Å². The molecule has 0 spiro atoms. The van der Waals surface area contributed by atoms with Gasteiger partial charge < -0.3 is 5.32 Å². The number of nitrogens with one attached hydrogen (secondary N) is 2. The standard InChI is InChI=1S/C12H19FN2O2S/c1-12(2,3)14-8-9-15-18(16,17)11-7-5-4-6-10(11)13/h4-7,14-15H,8-9H2,1-3H3. The first-order valence-corrected chi connectivity index (χ1v) is 7.20. The van der Waals surface area contributed by atoms with E-state index in [2.05, 4.69) is 10.0 Å². The lowest BCUT2D eigenvalue weighted by Crippen LogP contribution is -2.41. The van der Waals surface area contributed by atoms with Gasteiger partial charge in [0.15, 0.2) is 0 Å². The Kier molecular flexibility index (Phi) is 4.84. The first-order chi connectivity index (χ1) is 8.22. The molecule has 0 aliphatic rings. The third-order valence-electron chi connectivity index (χ3n) is 2.20. The van der Waals surface area contributed by atoms with Crippen molar-refractivity contribution in [3.63, 3.8) is 0 Å². The normalized spacial score (nSPS) is 12.7. The molecule has 1 aromatic carbocycles. The van der Waals surface area contributed by atoms with Gasteiger partial charge in [-0.3, -0.25) is 0 Å². The summed E-state index contributed by atoms with van der Waals surface area (Å²) in [6.07, 6.45) is 0. The van der Waals surface area contributed by atoms with E-state index >= 15 is 0 Å². The average Bonchev–Trinajstić information content (AvgIpc) is 2.24. The smallest absolute Gasteiger partial charge is 0.243 e. The fourth-order valence-electron chi connectivity index (χ4n) is 1.36. The SMILES string of the molecule is CC(C)(C)NCCNS(=O)(=O)c1ccccc1F. The molecular weight excluding hydrogens is 255 g/mol. The van der Waals surface area contributed by atoms with Gasteiger partial charge in [0.2, 0.25) is 10.0 Å². The molecule has 0 fully saturated rings. The van der Waals surface area contributed by atoms with Crippen LogP contribution in [0.1, 0.15) is 20.8 Å². The van der Waals surface area contributed by atoms with Crippen LogP contribution in [-0.2, 0) is 10.0 Å². The lowest BCUT2D eigenvalue weighted by molar-refractivity contribution is 0.428. The molecule has 0 saturated carbocycles. The van der Waals surface area contributed by atoms with Crippen molar-refractivity contribution in [3.8, 4) is 0 Å². The summed E-state index contributed by atoms with van der Waals surface area (Å²) >= 11 is 0. The van der Waals surface area contributed by atoms with Crippen molar-refractivity contribution < 1.29 is 12.8 Å². The van der Waals surface area contributed by atoms with Gasteiger partial charge in [0.05, 0.1) is 0 Å². The molecule has 0 radical (unpaired) electrons. The lowest BCUT2D eigenvalue weighted by atomic mass is 10.1. The van der Waals surface area contributed by atoms with Crippen molar-refractivity contribution >= 4 is 10.0 Å². The lowest BCUT2D eigenvalue weighted by Gasteiger charge is -2.20. The van der Waals surface area contributed by atoms with Crippen molar-refractivity contribution in [1.29, 1.82) is 0 Å².